The first-order valence-corrected chi connectivity index (χ1v) is 10.6. The second-order valence-electron chi connectivity index (χ2n) is 8.30. The predicted molar refractivity (Wildman–Crippen MR) is 116 cm³/mol. The van der Waals surface area contributed by atoms with Crippen LogP contribution in [-0.2, 0) is 20.9 Å². The number of carbonyl (C=O) groups is 3. The molecule has 2 aliphatic heterocycles. The first kappa shape index (κ1) is 21.3. The van der Waals surface area contributed by atoms with E-state index in [1.807, 2.05) is 34.9 Å². The number of rotatable bonds is 6. The molecule has 0 saturated carbocycles. The molecular formula is C22H29N5O4. The van der Waals surface area contributed by atoms with E-state index in [1.54, 1.807) is 14.0 Å². The Bertz CT molecular complexity index is 997. The van der Waals surface area contributed by atoms with Gasteiger partial charge in [0.1, 0.15) is 11.2 Å². The van der Waals surface area contributed by atoms with Crippen LogP contribution in [-0.4, -0.2) is 90.6 Å². The summed E-state index contributed by atoms with van der Waals surface area (Å²) in [7, 11) is 1.63. The predicted octanol–water partition coefficient (Wildman–Crippen LogP) is 0.0502. The van der Waals surface area contributed by atoms with Gasteiger partial charge in [-0.25, -0.2) is 0 Å². The summed E-state index contributed by atoms with van der Waals surface area (Å²) in [6.07, 6.45) is 0. The molecule has 0 radical (unpaired) electrons. The van der Waals surface area contributed by atoms with Crippen molar-refractivity contribution in [2.45, 2.75) is 19.0 Å². The van der Waals surface area contributed by atoms with Gasteiger partial charge in [0.25, 0.3) is 5.91 Å². The Morgan fingerprint density at radius 3 is 2.68 bits per heavy atom. The second kappa shape index (κ2) is 8.68. The van der Waals surface area contributed by atoms with Gasteiger partial charge in [-0.2, -0.15) is 0 Å². The lowest BCUT2D eigenvalue weighted by Crippen LogP contribution is -2.63. The fourth-order valence-electron chi connectivity index (χ4n) is 4.18. The third kappa shape index (κ3) is 4.15. The van der Waals surface area contributed by atoms with E-state index in [0.29, 0.717) is 32.0 Å². The van der Waals surface area contributed by atoms with Crippen LogP contribution in [0.25, 0.3) is 10.9 Å². The Morgan fingerprint density at radius 1 is 1.16 bits per heavy atom. The SMILES string of the molecule is CN1C(=O)c2cc3ccccc3n2C[C@@]1(C)C(=O)NCC(=O)NCCN1CCOCC1. The molecule has 2 aromatic rings. The zero-order valence-electron chi connectivity index (χ0n) is 18.0. The molecule has 9 nitrogen and oxygen atoms in total. The lowest BCUT2D eigenvalue weighted by atomic mass is 9.95. The van der Waals surface area contributed by atoms with Crippen molar-refractivity contribution in [3.05, 3.63) is 36.0 Å². The smallest absolute Gasteiger partial charge is 0.271 e. The highest BCUT2D eigenvalue weighted by Crippen LogP contribution is 2.31. The molecule has 3 amide bonds. The van der Waals surface area contributed by atoms with Gasteiger partial charge in [0.05, 0.1) is 26.3 Å². The monoisotopic (exact) mass is 427 g/mol. The maximum Gasteiger partial charge on any atom is 0.271 e. The minimum absolute atomic E-state index is 0.126. The molecule has 31 heavy (non-hydrogen) atoms. The quantitative estimate of drug-likeness (QED) is 0.679. The highest BCUT2D eigenvalue weighted by molar-refractivity contribution is 6.03. The van der Waals surface area contributed by atoms with Crippen LogP contribution in [0, 0.1) is 0 Å². The van der Waals surface area contributed by atoms with Gasteiger partial charge in [-0.3, -0.25) is 19.3 Å². The summed E-state index contributed by atoms with van der Waals surface area (Å²) in [4.78, 5) is 41.9. The fourth-order valence-corrected chi connectivity index (χ4v) is 4.18. The number of benzene rings is 1. The molecule has 4 rings (SSSR count). The summed E-state index contributed by atoms with van der Waals surface area (Å²) >= 11 is 0. The lowest BCUT2D eigenvalue weighted by molar-refractivity contribution is -0.134. The van der Waals surface area contributed by atoms with E-state index in [4.69, 9.17) is 4.74 Å². The van der Waals surface area contributed by atoms with E-state index in [9.17, 15) is 14.4 Å². The first-order valence-electron chi connectivity index (χ1n) is 10.6. The molecule has 1 aromatic carbocycles. The van der Waals surface area contributed by atoms with Crippen molar-refractivity contribution in [2.75, 3.05) is 53.0 Å². The van der Waals surface area contributed by atoms with Crippen molar-refractivity contribution in [1.82, 2.24) is 25.0 Å². The summed E-state index contributed by atoms with van der Waals surface area (Å²) in [6, 6.07) is 9.58. The molecule has 0 aliphatic carbocycles. The van der Waals surface area contributed by atoms with Gasteiger partial charge in [0.2, 0.25) is 11.8 Å². The van der Waals surface area contributed by atoms with Crippen LogP contribution in [0.5, 0.6) is 0 Å². The topological polar surface area (TPSA) is 95.9 Å². The van der Waals surface area contributed by atoms with Gasteiger partial charge >= 0.3 is 0 Å². The minimum atomic E-state index is -1.10. The van der Waals surface area contributed by atoms with E-state index in [-0.39, 0.29) is 24.3 Å². The van der Waals surface area contributed by atoms with E-state index in [2.05, 4.69) is 15.5 Å². The standard InChI is InChI=1S/C22H29N5O4/c1-22(21(30)24-14-19(28)23-7-8-26-9-11-31-12-10-26)15-27-17-6-4-3-5-16(17)13-18(27)20(29)25(22)2/h3-6,13H,7-12,14-15H2,1-2H3,(H,23,28)(H,24,30)/t22-/m0/s1. The molecule has 1 fully saturated rings. The van der Waals surface area contributed by atoms with Crippen LogP contribution in [0.3, 0.4) is 0 Å². The lowest BCUT2D eigenvalue weighted by Gasteiger charge is -2.41. The number of hydrogen-bond acceptors (Lipinski definition) is 5. The number of ether oxygens (including phenoxy) is 1. The van der Waals surface area contributed by atoms with E-state index in [0.717, 1.165) is 30.5 Å². The molecular weight excluding hydrogens is 398 g/mol. The van der Waals surface area contributed by atoms with Crippen LogP contribution in [0.2, 0.25) is 0 Å². The summed E-state index contributed by atoms with van der Waals surface area (Å²) in [6.45, 7) is 6.35. The van der Waals surface area contributed by atoms with Gasteiger partial charge in [-0.1, -0.05) is 18.2 Å². The number of nitrogens with zero attached hydrogens (tertiary/aromatic N) is 3. The third-order valence-corrected chi connectivity index (χ3v) is 6.29. The van der Waals surface area contributed by atoms with Crippen LogP contribution in [0.1, 0.15) is 17.4 Å². The molecule has 1 aromatic heterocycles. The van der Waals surface area contributed by atoms with E-state index in [1.165, 1.54) is 4.90 Å². The fraction of sp³-hybridized carbons (Fsp3) is 0.500. The molecule has 9 heteroatoms. The zero-order valence-corrected chi connectivity index (χ0v) is 18.0. The third-order valence-electron chi connectivity index (χ3n) is 6.29. The van der Waals surface area contributed by atoms with Crippen molar-refractivity contribution in [2.24, 2.45) is 0 Å². The summed E-state index contributed by atoms with van der Waals surface area (Å²) < 4.78 is 7.20. The summed E-state index contributed by atoms with van der Waals surface area (Å²) in [5.74, 6) is -0.813. The Morgan fingerprint density at radius 2 is 1.90 bits per heavy atom. The first-order chi connectivity index (χ1) is 14.9. The van der Waals surface area contributed by atoms with Crippen LogP contribution < -0.4 is 10.6 Å². The van der Waals surface area contributed by atoms with Crippen molar-refractivity contribution in [3.8, 4) is 0 Å². The van der Waals surface area contributed by atoms with Crippen LogP contribution in [0.4, 0.5) is 0 Å². The van der Waals surface area contributed by atoms with E-state index < -0.39 is 5.54 Å². The Kier molecular flexibility index (Phi) is 5.97. The molecule has 1 atom stereocenters. The number of para-hydroxylation sites is 1. The number of nitrogens with one attached hydrogen (secondary N) is 2. The Labute approximate surface area is 181 Å². The largest absolute Gasteiger partial charge is 0.379 e. The van der Waals surface area contributed by atoms with E-state index >= 15 is 0 Å². The normalized spacial score (nSPS) is 21.7. The maximum absolute atomic E-state index is 13.0. The number of hydrogen-bond donors (Lipinski definition) is 2. The minimum Gasteiger partial charge on any atom is -0.379 e. The average Bonchev–Trinajstić information content (AvgIpc) is 3.15. The van der Waals surface area contributed by atoms with Crippen molar-refractivity contribution in [1.29, 1.82) is 0 Å². The van der Waals surface area contributed by atoms with Crippen molar-refractivity contribution < 1.29 is 19.1 Å². The molecule has 0 spiro atoms. The zero-order chi connectivity index (χ0) is 22.0. The average molecular weight is 428 g/mol. The molecule has 2 N–H and O–H groups in total. The molecule has 1 saturated heterocycles. The molecule has 3 heterocycles. The van der Waals surface area contributed by atoms with Crippen LogP contribution >= 0.6 is 0 Å². The molecule has 0 unspecified atom stereocenters. The molecule has 166 valence electrons. The van der Waals surface area contributed by atoms with Crippen LogP contribution in [0.15, 0.2) is 30.3 Å². The van der Waals surface area contributed by atoms with Gasteiger partial charge in [-0.15, -0.1) is 0 Å². The van der Waals surface area contributed by atoms with Gasteiger partial charge in [0, 0.05) is 44.1 Å². The summed E-state index contributed by atoms with van der Waals surface area (Å²) in [5, 5.41) is 6.51. The van der Waals surface area contributed by atoms with Crippen molar-refractivity contribution in [3.63, 3.8) is 0 Å². The Balaban J connectivity index is 1.36. The van der Waals surface area contributed by atoms with Crippen molar-refractivity contribution >= 4 is 28.6 Å². The molecule has 2 aliphatic rings. The van der Waals surface area contributed by atoms with Gasteiger partial charge in [-0.05, 0) is 19.1 Å². The van der Waals surface area contributed by atoms with Gasteiger partial charge in [0.15, 0.2) is 0 Å². The number of aromatic nitrogens is 1. The highest BCUT2D eigenvalue weighted by atomic mass is 16.5. The molecule has 0 bridgehead atoms. The highest BCUT2D eigenvalue weighted by Gasteiger charge is 2.45. The van der Waals surface area contributed by atoms with Gasteiger partial charge < -0.3 is 24.8 Å². The number of carbonyl (C=O) groups excluding carboxylic acids is 3. The Hall–Kier alpha value is -2.91. The number of likely N-dealkylation sites (N-methyl/N-ethyl adjacent to an activating group) is 1. The summed E-state index contributed by atoms with van der Waals surface area (Å²) in [5.41, 5.74) is 0.383. The number of morpholine rings is 1. The number of amides is 3. The number of fused-ring (bicyclic) bond motifs is 3. The maximum atomic E-state index is 13.0. The second-order valence-corrected chi connectivity index (χ2v) is 8.30.